The first-order valence-electron chi connectivity index (χ1n) is 10.7. The predicted molar refractivity (Wildman–Crippen MR) is 121 cm³/mol. The SMILES string of the molecule is Cc1cc(C)c(NC(=O)CCc2ccc(S(=O)(=O)NC3CCCCC3)cc2)c(C)c1. The monoisotopic (exact) mass is 428 g/mol. The molecule has 5 nitrogen and oxygen atoms in total. The van der Waals surface area contributed by atoms with Crippen LogP contribution in [0.5, 0.6) is 0 Å². The zero-order chi connectivity index (χ0) is 21.7. The molecule has 3 rings (SSSR count). The number of hydrogen-bond acceptors (Lipinski definition) is 3. The van der Waals surface area contributed by atoms with Gasteiger partial charge in [0.2, 0.25) is 15.9 Å². The largest absolute Gasteiger partial charge is 0.326 e. The van der Waals surface area contributed by atoms with Crippen LogP contribution in [0, 0.1) is 20.8 Å². The van der Waals surface area contributed by atoms with Gasteiger partial charge in [0.05, 0.1) is 4.90 Å². The smallest absolute Gasteiger partial charge is 0.240 e. The van der Waals surface area contributed by atoms with Gasteiger partial charge in [-0.2, -0.15) is 0 Å². The van der Waals surface area contributed by atoms with Crippen molar-refractivity contribution in [3.8, 4) is 0 Å². The molecule has 0 unspecified atom stereocenters. The minimum Gasteiger partial charge on any atom is -0.326 e. The molecule has 1 amide bonds. The van der Waals surface area contributed by atoms with E-state index in [1.165, 1.54) is 12.0 Å². The predicted octanol–water partition coefficient (Wildman–Crippen LogP) is 4.79. The number of rotatable bonds is 7. The van der Waals surface area contributed by atoms with E-state index < -0.39 is 10.0 Å². The summed E-state index contributed by atoms with van der Waals surface area (Å²) in [6, 6.07) is 11.0. The van der Waals surface area contributed by atoms with Gasteiger partial charge in [-0.3, -0.25) is 4.79 Å². The van der Waals surface area contributed by atoms with Gasteiger partial charge in [-0.05, 0) is 68.9 Å². The number of benzene rings is 2. The second kappa shape index (κ2) is 9.75. The first-order chi connectivity index (χ1) is 14.2. The molecule has 2 aromatic carbocycles. The maximum Gasteiger partial charge on any atom is 0.240 e. The zero-order valence-corrected chi connectivity index (χ0v) is 18.9. The van der Waals surface area contributed by atoms with Crippen LogP contribution in [-0.4, -0.2) is 20.4 Å². The Balaban J connectivity index is 1.56. The molecular weight excluding hydrogens is 396 g/mol. The lowest BCUT2D eigenvalue weighted by atomic mass is 9.96. The van der Waals surface area contributed by atoms with Gasteiger partial charge in [-0.1, -0.05) is 49.1 Å². The Morgan fingerprint density at radius 2 is 1.57 bits per heavy atom. The minimum absolute atomic E-state index is 0.0410. The van der Waals surface area contributed by atoms with Crippen LogP contribution >= 0.6 is 0 Å². The Labute approximate surface area is 180 Å². The first kappa shape index (κ1) is 22.5. The van der Waals surface area contributed by atoms with Crippen LogP contribution in [0.2, 0.25) is 0 Å². The maximum absolute atomic E-state index is 12.6. The fraction of sp³-hybridized carbons (Fsp3) is 0.458. The summed E-state index contributed by atoms with van der Waals surface area (Å²) in [4.78, 5) is 12.7. The summed E-state index contributed by atoms with van der Waals surface area (Å²) in [6.07, 6.45) is 6.07. The number of sulfonamides is 1. The number of nitrogens with one attached hydrogen (secondary N) is 2. The molecule has 1 aliphatic carbocycles. The molecule has 0 heterocycles. The number of carbonyl (C=O) groups is 1. The second-order valence-corrected chi connectivity index (χ2v) is 10.1. The van der Waals surface area contributed by atoms with E-state index in [0.29, 0.717) is 12.8 Å². The molecule has 0 aromatic heterocycles. The van der Waals surface area contributed by atoms with Gasteiger partial charge >= 0.3 is 0 Å². The molecule has 2 aromatic rings. The van der Waals surface area contributed by atoms with Crippen molar-refractivity contribution in [3.63, 3.8) is 0 Å². The van der Waals surface area contributed by atoms with Crippen molar-refractivity contribution in [1.29, 1.82) is 0 Å². The zero-order valence-electron chi connectivity index (χ0n) is 18.1. The summed E-state index contributed by atoms with van der Waals surface area (Å²) in [5.41, 5.74) is 5.11. The number of amides is 1. The van der Waals surface area contributed by atoms with E-state index in [9.17, 15) is 13.2 Å². The third kappa shape index (κ3) is 5.92. The molecule has 0 atom stereocenters. The topological polar surface area (TPSA) is 75.3 Å². The average molecular weight is 429 g/mol. The Morgan fingerprint density at radius 1 is 0.967 bits per heavy atom. The molecule has 30 heavy (non-hydrogen) atoms. The second-order valence-electron chi connectivity index (χ2n) is 8.42. The van der Waals surface area contributed by atoms with Crippen LogP contribution in [0.15, 0.2) is 41.3 Å². The molecule has 1 fully saturated rings. The molecular formula is C24H32N2O3S. The van der Waals surface area contributed by atoms with Crippen molar-refractivity contribution in [2.45, 2.75) is 76.7 Å². The number of hydrogen-bond donors (Lipinski definition) is 2. The van der Waals surface area contributed by atoms with Gasteiger partial charge in [0, 0.05) is 18.2 Å². The van der Waals surface area contributed by atoms with Crippen molar-refractivity contribution < 1.29 is 13.2 Å². The molecule has 1 saturated carbocycles. The van der Waals surface area contributed by atoms with Crippen molar-refractivity contribution in [1.82, 2.24) is 4.72 Å². The summed E-state index contributed by atoms with van der Waals surface area (Å²) < 4.78 is 28.0. The van der Waals surface area contributed by atoms with Gasteiger partial charge in [0.25, 0.3) is 0 Å². The summed E-state index contributed by atoms with van der Waals surface area (Å²) in [5, 5.41) is 3.01. The molecule has 162 valence electrons. The van der Waals surface area contributed by atoms with Crippen molar-refractivity contribution in [2.75, 3.05) is 5.32 Å². The van der Waals surface area contributed by atoms with E-state index in [1.54, 1.807) is 24.3 Å². The maximum atomic E-state index is 12.6. The van der Waals surface area contributed by atoms with E-state index in [1.807, 2.05) is 20.8 Å². The van der Waals surface area contributed by atoms with Crippen LogP contribution in [0.3, 0.4) is 0 Å². The third-order valence-electron chi connectivity index (χ3n) is 5.74. The van der Waals surface area contributed by atoms with Gasteiger partial charge in [0.15, 0.2) is 0 Å². The lowest BCUT2D eigenvalue weighted by Gasteiger charge is -2.22. The average Bonchev–Trinajstić information content (AvgIpc) is 2.70. The van der Waals surface area contributed by atoms with E-state index in [0.717, 1.165) is 48.1 Å². The molecule has 0 aliphatic heterocycles. The Morgan fingerprint density at radius 3 is 2.17 bits per heavy atom. The lowest BCUT2D eigenvalue weighted by Crippen LogP contribution is -2.36. The van der Waals surface area contributed by atoms with Gasteiger partial charge in [-0.15, -0.1) is 0 Å². The standard InChI is InChI=1S/C24H32N2O3S/c1-17-15-18(2)24(19(3)16-17)25-23(27)14-11-20-9-12-22(13-10-20)30(28,29)26-21-7-5-4-6-8-21/h9-10,12-13,15-16,21,26H,4-8,11,14H2,1-3H3,(H,25,27). The highest BCUT2D eigenvalue weighted by atomic mass is 32.2. The summed E-state index contributed by atoms with van der Waals surface area (Å²) in [7, 11) is -3.49. The van der Waals surface area contributed by atoms with Gasteiger partial charge < -0.3 is 5.32 Å². The van der Waals surface area contributed by atoms with Crippen molar-refractivity contribution in [3.05, 3.63) is 58.7 Å². The van der Waals surface area contributed by atoms with Crippen LogP contribution in [0.25, 0.3) is 0 Å². The van der Waals surface area contributed by atoms with Crippen molar-refractivity contribution in [2.24, 2.45) is 0 Å². The Bertz CT molecular complexity index is 969. The molecule has 0 saturated heterocycles. The van der Waals surface area contributed by atoms with Gasteiger partial charge in [0.1, 0.15) is 0 Å². The highest BCUT2D eigenvalue weighted by Gasteiger charge is 2.21. The molecule has 1 aliphatic rings. The molecule has 6 heteroatoms. The molecule has 2 N–H and O–H groups in total. The van der Waals surface area contributed by atoms with E-state index in [-0.39, 0.29) is 16.8 Å². The first-order valence-corrected chi connectivity index (χ1v) is 12.2. The molecule has 0 radical (unpaired) electrons. The Kier molecular flexibility index (Phi) is 7.32. The van der Waals surface area contributed by atoms with E-state index in [4.69, 9.17) is 0 Å². The Hall–Kier alpha value is -2.18. The minimum atomic E-state index is -3.49. The normalized spacial score (nSPS) is 15.2. The van der Waals surface area contributed by atoms with Crippen LogP contribution in [-0.2, 0) is 21.2 Å². The van der Waals surface area contributed by atoms with Crippen LogP contribution in [0.1, 0.15) is 60.8 Å². The van der Waals surface area contributed by atoms with E-state index >= 15 is 0 Å². The fourth-order valence-electron chi connectivity index (χ4n) is 4.18. The quantitative estimate of drug-likeness (QED) is 0.665. The molecule has 0 bridgehead atoms. The highest BCUT2D eigenvalue weighted by molar-refractivity contribution is 7.89. The number of aryl methyl sites for hydroxylation is 4. The van der Waals surface area contributed by atoms with E-state index in [2.05, 4.69) is 22.2 Å². The fourth-order valence-corrected chi connectivity index (χ4v) is 5.49. The third-order valence-corrected chi connectivity index (χ3v) is 7.28. The van der Waals surface area contributed by atoms with Crippen LogP contribution in [0.4, 0.5) is 5.69 Å². The molecule has 0 spiro atoms. The van der Waals surface area contributed by atoms with Crippen LogP contribution < -0.4 is 10.0 Å². The summed E-state index contributed by atoms with van der Waals surface area (Å²) in [5.74, 6) is -0.0410. The van der Waals surface area contributed by atoms with Gasteiger partial charge in [-0.25, -0.2) is 13.1 Å². The number of carbonyl (C=O) groups excluding carboxylic acids is 1. The number of anilines is 1. The highest BCUT2D eigenvalue weighted by Crippen LogP contribution is 2.23. The van der Waals surface area contributed by atoms with Crippen molar-refractivity contribution >= 4 is 21.6 Å². The summed E-state index contributed by atoms with van der Waals surface area (Å²) >= 11 is 0. The lowest BCUT2D eigenvalue weighted by molar-refractivity contribution is -0.116. The summed E-state index contributed by atoms with van der Waals surface area (Å²) in [6.45, 7) is 6.03.